The molecular weight excluding hydrogens is 711 g/mol. The molecule has 3 N–H and O–H groups in total. The molecule has 10 nitrogen and oxygen atoms in total. The summed E-state index contributed by atoms with van der Waals surface area (Å²) >= 11 is 18.7. The Labute approximate surface area is 264 Å². The number of ether oxygens (including phenoxy) is 2. The predicted molar refractivity (Wildman–Crippen MR) is 161 cm³/mol. The number of halogens is 4. The third-order valence-corrected chi connectivity index (χ3v) is 6.93. The first-order valence-corrected chi connectivity index (χ1v) is 14.5. The number of carboxylic acid groups (broad SMARTS) is 1. The van der Waals surface area contributed by atoms with E-state index in [1.807, 2.05) is 0 Å². The van der Waals surface area contributed by atoms with E-state index in [-0.39, 0.29) is 32.0 Å². The minimum absolute atomic E-state index is 0.0474. The molecule has 224 valence electrons. The number of aliphatic carboxylic acids is 1. The number of hydrogen-bond donors (Lipinski definition) is 3. The van der Waals surface area contributed by atoms with Crippen LogP contribution < -0.4 is 10.6 Å². The number of nitrogens with one attached hydrogen (secondary N) is 2. The number of hydrogen-bond acceptors (Lipinski definition) is 7. The third kappa shape index (κ3) is 11.6. The number of rotatable bonds is 11. The molecular formula is C27H30Br2Cl2N2O8. The lowest BCUT2D eigenvalue weighted by atomic mass is 9.90. The van der Waals surface area contributed by atoms with Gasteiger partial charge in [-0.2, -0.15) is 0 Å². The van der Waals surface area contributed by atoms with Crippen LogP contribution in [0.2, 0.25) is 10.0 Å². The smallest absolute Gasteiger partial charge is 0.344 e. The lowest BCUT2D eigenvalue weighted by molar-refractivity contribution is -0.168. The molecule has 0 radical (unpaired) electrons. The zero-order valence-electron chi connectivity index (χ0n) is 22.7. The molecule has 2 rings (SSSR count). The number of amides is 2. The number of esters is 2. The summed E-state index contributed by atoms with van der Waals surface area (Å²) in [6, 6.07) is 9.21. The van der Waals surface area contributed by atoms with E-state index in [2.05, 4.69) is 42.5 Å². The molecule has 0 fully saturated rings. The van der Waals surface area contributed by atoms with Crippen molar-refractivity contribution in [1.82, 2.24) is 10.6 Å². The third-order valence-electron chi connectivity index (χ3n) is 5.21. The van der Waals surface area contributed by atoms with Crippen LogP contribution in [0.4, 0.5) is 0 Å². The Morgan fingerprint density at radius 2 is 1.32 bits per heavy atom. The number of carboxylic acids is 1. The van der Waals surface area contributed by atoms with Gasteiger partial charge < -0.3 is 25.2 Å². The van der Waals surface area contributed by atoms with E-state index in [9.17, 15) is 24.0 Å². The van der Waals surface area contributed by atoms with E-state index >= 15 is 0 Å². The molecule has 0 saturated heterocycles. The SMILES string of the molecule is CC(=O)NC(Cc1cc(Br)ccc1Cl)C(=O)O.CCOC(=O)C(Cc1cc(Br)ccc1Cl)(NC(C)=O)C(=O)OCC. The van der Waals surface area contributed by atoms with Gasteiger partial charge in [0.2, 0.25) is 17.4 Å². The first kappa shape index (κ1) is 36.4. The second-order valence-corrected chi connectivity index (χ2v) is 11.1. The highest BCUT2D eigenvalue weighted by atomic mass is 79.9. The Balaban J connectivity index is 0.000000435. The highest BCUT2D eigenvalue weighted by Gasteiger charge is 2.50. The zero-order valence-corrected chi connectivity index (χ0v) is 27.4. The zero-order chi connectivity index (χ0) is 31.3. The summed E-state index contributed by atoms with van der Waals surface area (Å²) in [5.41, 5.74) is -0.842. The largest absolute Gasteiger partial charge is 0.480 e. The quantitative estimate of drug-likeness (QED) is 0.218. The molecule has 14 heteroatoms. The highest BCUT2D eigenvalue weighted by Crippen LogP contribution is 2.27. The predicted octanol–water partition coefficient (Wildman–Crippen LogP) is 4.88. The molecule has 0 spiro atoms. The van der Waals surface area contributed by atoms with Gasteiger partial charge in [0.1, 0.15) is 6.04 Å². The molecule has 2 aromatic carbocycles. The summed E-state index contributed by atoms with van der Waals surface area (Å²) in [6.45, 7) is 5.78. The minimum atomic E-state index is -2.00. The van der Waals surface area contributed by atoms with Crippen LogP contribution in [0.3, 0.4) is 0 Å². The maximum atomic E-state index is 12.5. The van der Waals surface area contributed by atoms with Gasteiger partial charge in [-0.25, -0.2) is 14.4 Å². The Morgan fingerprint density at radius 3 is 1.73 bits per heavy atom. The van der Waals surface area contributed by atoms with Crippen molar-refractivity contribution in [2.45, 2.75) is 52.1 Å². The molecule has 2 aromatic rings. The fourth-order valence-corrected chi connectivity index (χ4v) is 4.71. The molecule has 0 aliphatic heterocycles. The molecule has 0 heterocycles. The molecule has 0 aromatic heterocycles. The summed E-state index contributed by atoms with van der Waals surface area (Å²) in [5, 5.41) is 14.6. The second kappa shape index (κ2) is 17.3. The lowest BCUT2D eigenvalue weighted by Crippen LogP contribution is -2.62. The van der Waals surface area contributed by atoms with Gasteiger partial charge in [-0.05, 0) is 61.4 Å². The summed E-state index contributed by atoms with van der Waals surface area (Å²) in [7, 11) is 0. The van der Waals surface area contributed by atoms with Crippen LogP contribution >= 0.6 is 55.1 Å². The molecule has 0 aliphatic rings. The van der Waals surface area contributed by atoms with Crippen LogP contribution in [0.25, 0.3) is 0 Å². The number of carbonyl (C=O) groups excluding carboxylic acids is 4. The van der Waals surface area contributed by atoms with Gasteiger partial charge in [-0.3, -0.25) is 9.59 Å². The fourth-order valence-electron chi connectivity index (χ4n) is 3.51. The Bertz CT molecular complexity index is 1260. The standard InChI is InChI=1S/C16H19BrClNO5.C11H11BrClNO3/c1-4-23-14(21)16(19-10(3)20,15(22)24-5-2)9-11-8-12(17)6-7-13(11)18;1-6(15)14-10(11(16)17)5-7-4-8(12)2-3-9(7)13/h6-8H,4-5,9H2,1-3H3,(H,19,20);2-4,10H,5H2,1H3,(H,14,15)(H,16,17). The maximum Gasteiger partial charge on any atom is 0.344 e. The molecule has 1 atom stereocenters. The summed E-state index contributed by atoms with van der Waals surface area (Å²) in [6.07, 6.45) is -0.0459. The van der Waals surface area contributed by atoms with Crippen LogP contribution in [-0.4, -0.2) is 59.6 Å². The van der Waals surface area contributed by atoms with E-state index in [1.54, 1.807) is 50.2 Å². The molecule has 41 heavy (non-hydrogen) atoms. The second-order valence-electron chi connectivity index (χ2n) is 8.47. The lowest BCUT2D eigenvalue weighted by Gasteiger charge is -2.30. The Hall–Kier alpha value is -2.67. The average Bonchev–Trinajstić information content (AvgIpc) is 2.87. The fraction of sp³-hybridized carbons (Fsp3) is 0.370. The van der Waals surface area contributed by atoms with Crippen LogP contribution in [0.1, 0.15) is 38.8 Å². The topological polar surface area (TPSA) is 148 Å². The number of carbonyl (C=O) groups is 5. The summed E-state index contributed by atoms with van der Waals surface area (Å²) < 4.78 is 11.5. The molecule has 0 saturated carbocycles. The van der Waals surface area contributed by atoms with Gasteiger partial charge >= 0.3 is 17.9 Å². The van der Waals surface area contributed by atoms with Crippen molar-refractivity contribution in [2.24, 2.45) is 0 Å². The van der Waals surface area contributed by atoms with E-state index < -0.39 is 35.4 Å². The van der Waals surface area contributed by atoms with Crippen molar-refractivity contribution < 1.29 is 38.6 Å². The van der Waals surface area contributed by atoms with E-state index in [4.69, 9.17) is 37.8 Å². The normalized spacial score (nSPS) is 11.3. The Morgan fingerprint density at radius 1 is 0.854 bits per heavy atom. The average molecular weight is 741 g/mol. The first-order valence-electron chi connectivity index (χ1n) is 12.2. The van der Waals surface area contributed by atoms with E-state index in [0.29, 0.717) is 25.6 Å². The van der Waals surface area contributed by atoms with Crippen LogP contribution in [-0.2, 0) is 46.3 Å². The first-order chi connectivity index (χ1) is 19.2. The monoisotopic (exact) mass is 738 g/mol. The van der Waals surface area contributed by atoms with Crippen molar-refractivity contribution in [3.8, 4) is 0 Å². The van der Waals surface area contributed by atoms with E-state index in [1.165, 1.54) is 13.8 Å². The van der Waals surface area contributed by atoms with Crippen molar-refractivity contribution >= 4 is 84.8 Å². The van der Waals surface area contributed by atoms with Gasteiger partial charge in [0, 0.05) is 45.7 Å². The summed E-state index contributed by atoms with van der Waals surface area (Å²) in [4.78, 5) is 58.5. The van der Waals surface area contributed by atoms with Gasteiger partial charge in [0.15, 0.2) is 0 Å². The van der Waals surface area contributed by atoms with Crippen LogP contribution in [0.15, 0.2) is 45.3 Å². The van der Waals surface area contributed by atoms with Crippen molar-refractivity contribution in [3.05, 3.63) is 66.5 Å². The van der Waals surface area contributed by atoms with Gasteiger partial charge in [-0.1, -0.05) is 55.1 Å². The van der Waals surface area contributed by atoms with Gasteiger partial charge in [0.25, 0.3) is 0 Å². The van der Waals surface area contributed by atoms with Crippen molar-refractivity contribution in [1.29, 1.82) is 0 Å². The molecule has 0 bridgehead atoms. The minimum Gasteiger partial charge on any atom is -0.480 e. The maximum absolute atomic E-state index is 12.5. The highest BCUT2D eigenvalue weighted by molar-refractivity contribution is 9.10. The van der Waals surface area contributed by atoms with Crippen molar-refractivity contribution in [3.63, 3.8) is 0 Å². The molecule has 0 aliphatic carbocycles. The Kier molecular flexibility index (Phi) is 15.4. The van der Waals surface area contributed by atoms with Crippen LogP contribution in [0.5, 0.6) is 0 Å². The van der Waals surface area contributed by atoms with Gasteiger partial charge in [0.05, 0.1) is 13.2 Å². The van der Waals surface area contributed by atoms with Crippen molar-refractivity contribution in [2.75, 3.05) is 13.2 Å². The number of benzene rings is 2. The van der Waals surface area contributed by atoms with Gasteiger partial charge in [-0.15, -0.1) is 0 Å². The summed E-state index contributed by atoms with van der Waals surface area (Å²) in [5.74, 6) is -3.83. The van der Waals surface area contributed by atoms with E-state index in [0.717, 1.165) is 4.47 Å². The molecule has 1 unspecified atom stereocenters. The van der Waals surface area contributed by atoms with Crippen LogP contribution in [0, 0.1) is 0 Å². The molecule has 2 amide bonds.